The maximum absolute atomic E-state index is 13.2. The van der Waals surface area contributed by atoms with Crippen LogP contribution in [0, 0.1) is 0 Å². The van der Waals surface area contributed by atoms with Gasteiger partial charge in [-0.25, -0.2) is 13.8 Å². The van der Waals surface area contributed by atoms with Gasteiger partial charge < -0.3 is 4.74 Å². The van der Waals surface area contributed by atoms with Crippen molar-refractivity contribution in [2.75, 3.05) is 18.0 Å². The zero-order chi connectivity index (χ0) is 22.3. The Bertz CT molecular complexity index is 1150. The Morgan fingerprint density at radius 1 is 1.06 bits per heavy atom. The fraction of sp³-hybridized carbons (Fsp3) is 0.136. The number of rotatable bonds is 8. The van der Waals surface area contributed by atoms with E-state index in [4.69, 9.17) is 4.74 Å². The predicted molar refractivity (Wildman–Crippen MR) is 119 cm³/mol. The lowest BCUT2D eigenvalue weighted by Gasteiger charge is -2.23. The lowest BCUT2D eigenvalue weighted by molar-refractivity contribution is -0.119. The molecule has 1 N–H and O–H groups in total. The minimum absolute atomic E-state index is 0.0737. The smallest absolute Gasteiger partial charge is 0.264 e. The summed E-state index contributed by atoms with van der Waals surface area (Å²) in [5, 5.41) is 4.09. The Morgan fingerprint density at radius 3 is 2.39 bits per heavy atom. The normalized spacial score (nSPS) is 11.6. The van der Waals surface area contributed by atoms with Crippen LogP contribution in [0.4, 0.5) is 5.69 Å². The number of benzene rings is 2. The molecule has 31 heavy (non-hydrogen) atoms. The van der Waals surface area contributed by atoms with Crippen LogP contribution in [-0.4, -0.2) is 38.7 Å². The zero-order valence-corrected chi connectivity index (χ0v) is 17.9. The molecular weight excluding hydrogens is 416 g/mol. The largest absolute Gasteiger partial charge is 0.497 e. The van der Waals surface area contributed by atoms with Crippen molar-refractivity contribution in [2.45, 2.75) is 11.8 Å². The molecule has 160 valence electrons. The van der Waals surface area contributed by atoms with Gasteiger partial charge >= 0.3 is 0 Å². The Labute approximate surface area is 181 Å². The third kappa shape index (κ3) is 5.46. The average molecular weight is 439 g/mol. The van der Waals surface area contributed by atoms with Crippen molar-refractivity contribution in [3.63, 3.8) is 0 Å². The highest BCUT2D eigenvalue weighted by atomic mass is 32.2. The van der Waals surface area contributed by atoms with E-state index >= 15 is 0 Å². The highest BCUT2D eigenvalue weighted by Gasteiger charge is 2.27. The average Bonchev–Trinajstić information content (AvgIpc) is 2.82. The number of hydrogen-bond donors (Lipinski definition) is 1. The Kier molecular flexibility index (Phi) is 6.99. The third-order valence-corrected chi connectivity index (χ3v) is 6.20. The molecule has 0 fully saturated rings. The summed E-state index contributed by atoms with van der Waals surface area (Å²) >= 11 is 0. The number of nitrogens with one attached hydrogen (secondary N) is 1. The molecule has 0 bridgehead atoms. The molecule has 3 aromatic rings. The van der Waals surface area contributed by atoms with Gasteiger partial charge in [0.15, 0.2) is 0 Å². The van der Waals surface area contributed by atoms with Crippen molar-refractivity contribution in [1.82, 2.24) is 10.4 Å². The van der Waals surface area contributed by atoms with Crippen molar-refractivity contribution >= 4 is 27.3 Å². The highest BCUT2D eigenvalue weighted by molar-refractivity contribution is 7.92. The van der Waals surface area contributed by atoms with E-state index in [1.165, 1.54) is 24.5 Å². The summed E-state index contributed by atoms with van der Waals surface area (Å²) in [6.07, 6.45) is 2.92. The van der Waals surface area contributed by atoms with Crippen LogP contribution in [0.5, 0.6) is 5.75 Å². The molecular formula is C22H22N4O4S. The fourth-order valence-electron chi connectivity index (χ4n) is 2.74. The summed E-state index contributed by atoms with van der Waals surface area (Å²) in [5.41, 5.74) is 4.06. The monoisotopic (exact) mass is 438 g/mol. The molecule has 0 radical (unpaired) electrons. The van der Waals surface area contributed by atoms with E-state index < -0.39 is 22.5 Å². The lowest BCUT2D eigenvalue weighted by Crippen LogP contribution is -2.39. The van der Waals surface area contributed by atoms with Crippen LogP contribution >= 0.6 is 0 Å². The number of hydrogen-bond acceptors (Lipinski definition) is 6. The summed E-state index contributed by atoms with van der Waals surface area (Å²) in [7, 11) is -2.40. The van der Waals surface area contributed by atoms with Crippen LogP contribution in [0.3, 0.4) is 0 Å². The molecule has 1 amide bonds. The number of aromatic nitrogens is 1. The summed E-state index contributed by atoms with van der Waals surface area (Å²) in [6.45, 7) is 1.28. The first-order valence-electron chi connectivity index (χ1n) is 9.37. The molecule has 0 saturated heterocycles. The SMILES string of the molecule is COc1ccc(C(C)=NNC(=O)CN(c2cccnc2)S(=O)(=O)c2ccccc2)cc1. The maximum Gasteiger partial charge on any atom is 0.264 e. The van der Waals surface area contributed by atoms with Gasteiger partial charge in [0.1, 0.15) is 12.3 Å². The molecule has 0 atom stereocenters. The summed E-state index contributed by atoms with van der Waals surface area (Å²) in [4.78, 5) is 16.6. The summed E-state index contributed by atoms with van der Waals surface area (Å²) in [6, 6.07) is 18.3. The van der Waals surface area contributed by atoms with Gasteiger partial charge in [0.25, 0.3) is 15.9 Å². The van der Waals surface area contributed by atoms with Gasteiger partial charge in [0.05, 0.1) is 29.6 Å². The number of methoxy groups -OCH3 is 1. The molecule has 1 heterocycles. The van der Waals surface area contributed by atoms with Crippen LogP contribution in [0.2, 0.25) is 0 Å². The molecule has 0 aliphatic heterocycles. The maximum atomic E-state index is 13.2. The number of nitrogens with zero attached hydrogens (tertiary/aromatic N) is 3. The molecule has 0 spiro atoms. The van der Waals surface area contributed by atoms with Crippen molar-refractivity contribution < 1.29 is 17.9 Å². The summed E-state index contributed by atoms with van der Waals surface area (Å²) in [5.74, 6) is 0.120. The molecule has 0 unspecified atom stereocenters. The number of pyridine rings is 1. The van der Waals surface area contributed by atoms with Crippen LogP contribution in [0.25, 0.3) is 0 Å². The fourth-order valence-corrected chi connectivity index (χ4v) is 4.17. The molecule has 0 saturated carbocycles. The van der Waals surface area contributed by atoms with E-state index in [9.17, 15) is 13.2 Å². The molecule has 9 heteroatoms. The second-order valence-electron chi connectivity index (χ2n) is 6.50. The van der Waals surface area contributed by atoms with Crippen LogP contribution in [0.1, 0.15) is 12.5 Å². The number of anilines is 1. The van der Waals surface area contributed by atoms with E-state index in [1.807, 2.05) is 12.1 Å². The van der Waals surface area contributed by atoms with E-state index in [0.717, 1.165) is 9.87 Å². The van der Waals surface area contributed by atoms with Gasteiger partial charge in [0, 0.05) is 6.20 Å². The highest BCUT2D eigenvalue weighted by Crippen LogP contribution is 2.22. The molecule has 8 nitrogen and oxygen atoms in total. The van der Waals surface area contributed by atoms with E-state index in [1.54, 1.807) is 56.5 Å². The van der Waals surface area contributed by atoms with Gasteiger partial charge in [-0.15, -0.1) is 0 Å². The Morgan fingerprint density at radius 2 is 1.77 bits per heavy atom. The van der Waals surface area contributed by atoms with Gasteiger partial charge in [-0.1, -0.05) is 18.2 Å². The second kappa shape index (κ2) is 9.86. The van der Waals surface area contributed by atoms with Gasteiger partial charge in [0.2, 0.25) is 0 Å². The number of carbonyl (C=O) groups is 1. The number of carbonyl (C=O) groups excluding carboxylic acids is 1. The topological polar surface area (TPSA) is 101 Å². The van der Waals surface area contributed by atoms with Crippen molar-refractivity contribution in [3.8, 4) is 5.75 Å². The zero-order valence-electron chi connectivity index (χ0n) is 17.1. The quantitative estimate of drug-likeness (QED) is 0.431. The van der Waals surface area contributed by atoms with Crippen LogP contribution in [-0.2, 0) is 14.8 Å². The van der Waals surface area contributed by atoms with Crippen molar-refractivity contribution in [2.24, 2.45) is 5.10 Å². The number of sulfonamides is 1. The van der Waals surface area contributed by atoms with Gasteiger partial charge in [-0.2, -0.15) is 5.10 Å². The first-order valence-corrected chi connectivity index (χ1v) is 10.8. The van der Waals surface area contributed by atoms with E-state index in [-0.39, 0.29) is 10.6 Å². The van der Waals surface area contributed by atoms with Crippen LogP contribution < -0.4 is 14.5 Å². The number of amides is 1. The second-order valence-corrected chi connectivity index (χ2v) is 8.36. The van der Waals surface area contributed by atoms with Gasteiger partial charge in [-0.05, 0) is 61.0 Å². The minimum Gasteiger partial charge on any atom is -0.497 e. The molecule has 3 rings (SSSR count). The number of ether oxygens (including phenoxy) is 1. The predicted octanol–water partition coefficient (Wildman–Crippen LogP) is 2.83. The standard InChI is InChI=1S/C22H22N4O4S/c1-17(18-10-12-20(30-2)13-11-18)24-25-22(27)16-26(19-7-6-14-23-15-19)31(28,29)21-8-4-3-5-9-21/h3-15H,16H2,1-2H3,(H,25,27). The van der Waals surface area contributed by atoms with Crippen LogP contribution in [0.15, 0.2) is 89.1 Å². The first-order chi connectivity index (χ1) is 14.9. The Hall–Kier alpha value is -3.72. The minimum atomic E-state index is -3.98. The molecule has 1 aromatic heterocycles. The molecule has 0 aliphatic rings. The van der Waals surface area contributed by atoms with E-state index in [2.05, 4.69) is 15.5 Å². The molecule has 0 aliphatic carbocycles. The van der Waals surface area contributed by atoms with Crippen molar-refractivity contribution in [3.05, 3.63) is 84.7 Å². The molecule has 2 aromatic carbocycles. The Balaban J connectivity index is 1.80. The first kappa shape index (κ1) is 22.0. The summed E-state index contributed by atoms with van der Waals surface area (Å²) < 4.78 is 32.4. The lowest BCUT2D eigenvalue weighted by atomic mass is 10.1. The number of hydrazone groups is 1. The van der Waals surface area contributed by atoms with Gasteiger partial charge in [-0.3, -0.25) is 14.1 Å². The van der Waals surface area contributed by atoms with Crippen molar-refractivity contribution in [1.29, 1.82) is 0 Å². The third-order valence-electron chi connectivity index (χ3n) is 4.41. The van der Waals surface area contributed by atoms with E-state index in [0.29, 0.717) is 11.5 Å².